The largest absolute Gasteiger partial charge is 0.363 e. The van der Waals surface area contributed by atoms with Gasteiger partial charge in [0.1, 0.15) is 0 Å². The number of nitrogens with zero attached hydrogens (tertiary/aromatic N) is 1. The topological polar surface area (TPSA) is 15.3 Å². The Balaban J connectivity index is 2.06. The molecule has 16 heavy (non-hydrogen) atoms. The van der Waals surface area contributed by atoms with E-state index in [-0.39, 0.29) is 0 Å². The van der Waals surface area contributed by atoms with Crippen LogP contribution >= 0.6 is 0 Å². The van der Waals surface area contributed by atoms with Gasteiger partial charge in [0.25, 0.3) is 0 Å². The molecule has 86 valence electrons. The third-order valence-electron chi connectivity index (χ3n) is 4.12. The van der Waals surface area contributed by atoms with Crippen molar-refractivity contribution < 1.29 is 0 Å². The van der Waals surface area contributed by atoms with Gasteiger partial charge in [-0.3, -0.25) is 0 Å². The Labute approximate surface area is 97.6 Å². The normalized spacial score (nSPS) is 27.8. The van der Waals surface area contributed by atoms with Crippen molar-refractivity contribution in [3.63, 3.8) is 0 Å². The number of anilines is 1. The summed E-state index contributed by atoms with van der Waals surface area (Å²) in [5.74, 6) is 0. The molecular formula is C14H20N2. The molecule has 0 aromatic heterocycles. The molecule has 0 aliphatic carbocycles. The molecule has 2 aliphatic rings. The van der Waals surface area contributed by atoms with Crippen molar-refractivity contribution in [3.05, 3.63) is 28.8 Å². The minimum atomic E-state index is 0.627. The fourth-order valence-corrected chi connectivity index (χ4v) is 3.14. The molecule has 2 aliphatic heterocycles. The van der Waals surface area contributed by atoms with E-state index in [4.69, 9.17) is 0 Å². The van der Waals surface area contributed by atoms with Crippen LogP contribution in [0.5, 0.6) is 0 Å². The monoisotopic (exact) mass is 216 g/mol. The molecule has 0 spiro atoms. The van der Waals surface area contributed by atoms with Crippen LogP contribution in [-0.2, 0) is 6.42 Å². The number of aryl methyl sites for hydroxylation is 2. The molecule has 3 rings (SSSR count). The number of fused-ring (bicyclic) bond motifs is 3. The van der Waals surface area contributed by atoms with Gasteiger partial charge in [0, 0.05) is 30.9 Å². The lowest BCUT2D eigenvalue weighted by atomic mass is 10.0. The molecule has 1 fully saturated rings. The summed E-state index contributed by atoms with van der Waals surface area (Å²) in [4.78, 5) is 2.62. The molecule has 0 bridgehead atoms. The van der Waals surface area contributed by atoms with Crippen molar-refractivity contribution in [3.8, 4) is 0 Å². The first-order valence-corrected chi connectivity index (χ1v) is 6.26. The fraction of sp³-hybridized carbons (Fsp3) is 0.571. The first-order valence-electron chi connectivity index (χ1n) is 6.26. The summed E-state index contributed by atoms with van der Waals surface area (Å²) in [7, 11) is 0. The molecule has 0 radical (unpaired) electrons. The highest BCUT2D eigenvalue weighted by Gasteiger charge is 2.35. The van der Waals surface area contributed by atoms with E-state index in [1.165, 1.54) is 23.2 Å². The van der Waals surface area contributed by atoms with Crippen molar-refractivity contribution in [1.29, 1.82) is 0 Å². The molecule has 2 nitrogen and oxygen atoms in total. The minimum absolute atomic E-state index is 0.627. The molecule has 2 heteroatoms. The van der Waals surface area contributed by atoms with E-state index in [0.29, 0.717) is 12.1 Å². The van der Waals surface area contributed by atoms with Gasteiger partial charge in [0.2, 0.25) is 0 Å². The quantitative estimate of drug-likeness (QED) is 0.714. The van der Waals surface area contributed by atoms with Crippen molar-refractivity contribution in [2.45, 2.75) is 39.3 Å². The predicted octanol–water partition coefficient (Wildman–Crippen LogP) is 2.03. The van der Waals surface area contributed by atoms with Gasteiger partial charge >= 0.3 is 0 Å². The second-order valence-electron chi connectivity index (χ2n) is 5.34. The van der Waals surface area contributed by atoms with Crippen molar-refractivity contribution in [1.82, 2.24) is 5.32 Å². The maximum Gasteiger partial charge on any atom is 0.0459 e. The van der Waals surface area contributed by atoms with E-state index >= 15 is 0 Å². The van der Waals surface area contributed by atoms with Crippen LogP contribution in [0.4, 0.5) is 5.69 Å². The SMILES string of the molecule is Cc1cc2c(cc1C)N1C(C)CNC[C@H]1C2. The lowest BCUT2D eigenvalue weighted by Crippen LogP contribution is -2.54. The van der Waals surface area contributed by atoms with E-state index in [0.717, 1.165) is 13.1 Å². The highest BCUT2D eigenvalue weighted by Crippen LogP contribution is 2.36. The molecular weight excluding hydrogens is 196 g/mol. The fourth-order valence-electron chi connectivity index (χ4n) is 3.14. The third-order valence-corrected chi connectivity index (χ3v) is 4.12. The van der Waals surface area contributed by atoms with Crippen LogP contribution < -0.4 is 10.2 Å². The van der Waals surface area contributed by atoms with Gasteiger partial charge in [-0.05, 0) is 49.9 Å². The zero-order valence-corrected chi connectivity index (χ0v) is 10.4. The van der Waals surface area contributed by atoms with Crippen LogP contribution in [0.2, 0.25) is 0 Å². The maximum absolute atomic E-state index is 3.53. The molecule has 1 aromatic rings. The van der Waals surface area contributed by atoms with Crippen molar-refractivity contribution in [2.24, 2.45) is 0 Å². The molecule has 1 unspecified atom stereocenters. The van der Waals surface area contributed by atoms with Crippen LogP contribution in [0.1, 0.15) is 23.6 Å². The zero-order valence-electron chi connectivity index (χ0n) is 10.4. The van der Waals surface area contributed by atoms with E-state index in [9.17, 15) is 0 Å². The lowest BCUT2D eigenvalue weighted by Gasteiger charge is -2.38. The number of hydrogen-bond acceptors (Lipinski definition) is 2. The smallest absolute Gasteiger partial charge is 0.0459 e. The number of benzene rings is 1. The summed E-state index contributed by atoms with van der Waals surface area (Å²) in [6, 6.07) is 6.07. The number of nitrogens with one attached hydrogen (secondary N) is 1. The Morgan fingerprint density at radius 2 is 1.94 bits per heavy atom. The summed E-state index contributed by atoms with van der Waals surface area (Å²) in [6.45, 7) is 9.01. The summed E-state index contributed by atoms with van der Waals surface area (Å²) in [5.41, 5.74) is 5.88. The number of hydrogen-bond donors (Lipinski definition) is 1. The van der Waals surface area contributed by atoms with Crippen LogP contribution in [0.3, 0.4) is 0 Å². The minimum Gasteiger partial charge on any atom is -0.363 e. The van der Waals surface area contributed by atoms with Crippen LogP contribution in [-0.4, -0.2) is 25.2 Å². The maximum atomic E-state index is 3.53. The molecule has 0 saturated carbocycles. The predicted molar refractivity (Wildman–Crippen MR) is 68.2 cm³/mol. The standard InChI is InChI=1S/C14H20N2/c1-9-4-12-6-13-8-15-7-11(3)16(13)14(12)5-10(9)2/h4-5,11,13,15H,6-8H2,1-3H3/t11?,13-/m1/s1. The van der Waals surface area contributed by atoms with Crippen LogP contribution in [0.15, 0.2) is 12.1 Å². The van der Waals surface area contributed by atoms with Gasteiger partial charge < -0.3 is 10.2 Å². The lowest BCUT2D eigenvalue weighted by molar-refractivity contribution is 0.430. The molecule has 2 heterocycles. The highest BCUT2D eigenvalue weighted by molar-refractivity contribution is 5.63. The summed E-state index contributed by atoms with van der Waals surface area (Å²) < 4.78 is 0. The Hall–Kier alpha value is -1.02. The van der Waals surface area contributed by atoms with Gasteiger partial charge in [-0.1, -0.05) is 6.07 Å². The molecule has 1 saturated heterocycles. The average Bonchev–Trinajstić information content (AvgIpc) is 2.58. The van der Waals surface area contributed by atoms with E-state index < -0.39 is 0 Å². The number of piperazine rings is 1. The molecule has 0 amide bonds. The highest BCUT2D eigenvalue weighted by atomic mass is 15.3. The van der Waals surface area contributed by atoms with Crippen molar-refractivity contribution in [2.75, 3.05) is 18.0 Å². The van der Waals surface area contributed by atoms with E-state index in [1.807, 2.05) is 0 Å². The van der Waals surface area contributed by atoms with Gasteiger partial charge in [-0.15, -0.1) is 0 Å². The summed E-state index contributed by atoms with van der Waals surface area (Å²) in [6.07, 6.45) is 1.22. The first kappa shape index (κ1) is 10.2. The van der Waals surface area contributed by atoms with Gasteiger partial charge in [-0.2, -0.15) is 0 Å². The molecule has 2 atom stereocenters. The van der Waals surface area contributed by atoms with E-state index in [1.54, 1.807) is 5.56 Å². The Morgan fingerprint density at radius 1 is 1.19 bits per heavy atom. The van der Waals surface area contributed by atoms with Gasteiger partial charge in [-0.25, -0.2) is 0 Å². The molecule has 1 aromatic carbocycles. The summed E-state index contributed by atoms with van der Waals surface area (Å²) in [5, 5.41) is 3.53. The second-order valence-corrected chi connectivity index (χ2v) is 5.34. The second kappa shape index (κ2) is 3.49. The van der Waals surface area contributed by atoms with Crippen LogP contribution in [0, 0.1) is 13.8 Å². The Morgan fingerprint density at radius 3 is 2.75 bits per heavy atom. The Kier molecular flexibility index (Phi) is 2.21. The Bertz CT molecular complexity index is 425. The summed E-state index contributed by atoms with van der Waals surface area (Å²) >= 11 is 0. The van der Waals surface area contributed by atoms with Crippen LogP contribution in [0.25, 0.3) is 0 Å². The average molecular weight is 216 g/mol. The third kappa shape index (κ3) is 1.36. The number of rotatable bonds is 0. The zero-order chi connectivity index (χ0) is 11.3. The first-order chi connectivity index (χ1) is 7.66. The van der Waals surface area contributed by atoms with Gasteiger partial charge in [0.15, 0.2) is 0 Å². The van der Waals surface area contributed by atoms with Crippen molar-refractivity contribution >= 4 is 5.69 Å². The molecule has 1 N–H and O–H groups in total. The van der Waals surface area contributed by atoms with Gasteiger partial charge in [0.05, 0.1) is 0 Å². The van der Waals surface area contributed by atoms with E-state index in [2.05, 4.69) is 43.1 Å².